The highest BCUT2D eigenvalue weighted by molar-refractivity contribution is 6.34. The van der Waals surface area contributed by atoms with E-state index in [0.29, 0.717) is 11.1 Å². The molecule has 0 aliphatic carbocycles. The molecule has 0 radical (unpaired) electrons. The Morgan fingerprint density at radius 3 is 1.84 bits per heavy atom. The SMILES string of the molecule is Cc1c(Cl)nc(-c2ccc(C(F)(F)F)cc2)nc1Cl. The molecular formula is C12H7Cl2F3N2. The molecule has 2 aromatic rings. The molecule has 0 saturated heterocycles. The molecule has 0 aliphatic rings. The van der Waals surface area contributed by atoms with Crippen LogP contribution in [-0.2, 0) is 6.18 Å². The predicted octanol–water partition coefficient (Wildman–Crippen LogP) is 4.78. The fourth-order valence-electron chi connectivity index (χ4n) is 1.40. The van der Waals surface area contributed by atoms with Gasteiger partial charge in [0.05, 0.1) is 5.56 Å². The summed E-state index contributed by atoms with van der Waals surface area (Å²) >= 11 is 11.7. The van der Waals surface area contributed by atoms with Crippen LogP contribution in [0.3, 0.4) is 0 Å². The van der Waals surface area contributed by atoms with Crippen LogP contribution in [0, 0.1) is 6.92 Å². The van der Waals surface area contributed by atoms with Crippen LogP contribution in [-0.4, -0.2) is 9.97 Å². The summed E-state index contributed by atoms with van der Waals surface area (Å²) in [5, 5.41) is 0.352. The summed E-state index contributed by atoms with van der Waals surface area (Å²) in [7, 11) is 0. The Balaban J connectivity index is 2.43. The van der Waals surface area contributed by atoms with E-state index in [9.17, 15) is 13.2 Å². The van der Waals surface area contributed by atoms with Crippen LogP contribution in [0.2, 0.25) is 10.3 Å². The first-order chi connectivity index (χ1) is 8.79. The van der Waals surface area contributed by atoms with Gasteiger partial charge in [0.25, 0.3) is 0 Å². The van der Waals surface area contributed by atoms with Crippen molar-refractivity contribution in [1.29, 1.82) is 0 Å². The lowest BCUT2D eigenvalue weighted by molar-refractivity contribution is -0.137. The van der Waals surface area contributed by atoms with Gasteiger partial charge in [-0.3, -0.25) is 0 Å². The first kappa shape index (κ1) is 14.1. The van der Waals surface area contributed by atoms with Crippen molar-refractivity contribution in [3.63, 3.8) is 0 Å². The largest absolute Gasteiger partial charge is 0.416 e. The minimum absolute atomic E-state index is 0.176. The zero-order chi connectivity index (χ0) is 14.2. The third-order valence-corrected chi connectivity index (χ3v) is 3.23. The molecule has 1 heterocycles. The first-order valence-corrected chi connectivity index (χ1v) is 5.92. The van der Waals surface area contributed by atoms with Gasteiger partial charge in [0.2, 0.25) is 0 Å². The highest BCUT2D eigenvalue weighted by Gasteiger charge is 2.30. The second-order valence-electron chi connectivity index (χ2n) is 3.83. The van der Waals surface area contributed by atoms with Gasteiger partial charge in [-0.2, -0.15) is 13.2 Å². The van der Waals surface area contributed by atoms with Gasteiger partial charge in [-0.15, -0.1) is 0 Å². The van der Waals surface area contributed by atoms with Crippen molar-refractivity contribution >= 4 is 23.2 Å². The third kappa shape index (κ3) is 2.98. The second-order valence-corrected chi connectivity index (χ2v) is 4.54. The average Bonchev–Trinajstić information content (AvgIpc) is 2.34. The fourth-order valence-corrected chi connectivity index (χ4v) is 1.79. The molecule has 0 spiro atoms. The van der Waals surface area contributed by atoms with Crippen LogP contribution < -0.4 is 0 Å². The zero-order valence-corrected chi connectivity index (χ0v) is 11.1. The number of aromatic nitrogens is 2. The lowest BCUT2D eigenvalue weighted by atomic mass is 10.1. The maximum Gasteiger partial charge on any atom is 0.416 e. The van der Waals surface area contributed by atoms with E-state index in [1.165, 1.54) is 12.1 Å². The summed E-state index contributed by atoms with van der Waals surface area (Å²) in [5.74, 6) is 0.189. The Hall–Kier alpha value is -1.33. The molecule has 0 bridgehead atoms. The molecule has 0 saturated carbocycles. The molecular weight excluding hydrogens is 300 g/mol. The number of alkyl halides is 3. The van der Waals surface area contributed by atoms with Crippen molar-refractivity contribution in [2.75, 3.05) is 0 Å². The molecule has 0 fully saturated rings. The quantitative estimate of drug-likeness (QED) is 0.709. The van der Waals surface area contributed by atoms with Crippen LogP contribution >= 0.6 is 23.2 Å². The molecule has 0 aliphatic heterocycles. The first-order valence-electron chi connectivity index (χ1n) is 5.16. The van der Waals surface area contributed by atoms with Gasteiger partial charge in [-0.25, -0.2) is 9.97 Å². The number of nitrogens with zero attached hydrogens (tertiary/aromatic N) is 2. The van der Waals surface area contributed by atoms with Gasteiger partial charge in [0.15, 0.2) is 5.82 Å². The Kier molecular flexibility index (Phi) is 3.69. The number of rotatable bonds is 1. The Labute approximate surface area is 117 Å². The van der Waals surface area contributed by atoms with Crippen LogP contribution in [0.1, 0.15) is 11.1 Å². The van der Waals surface area contributed by atoms with E-state index in [4.69, 9.17) is 23.2 Å². The highest BCUT2D eigenvalue weighted by atomic mass is 35.5. The molecule has 100 valence electrons. The normalized spacial score (nSPS) is 11.7. The summed E-state index contributed by atoms with van der Waals surface area (Å²) in [6, 6.07) is 4.47. The molecule has 1 aromatic heterocycles. The lowest BCUT2D eigenvalue weighted by Gasteiger charge is -2.08. The summed E-state index contributed by atoms with van der Waals surface area (Å²) in [6.07, 6.45) is -4.37. The van der Waals surface area contributed by atoms with E-state index in [0.717, 1.165) is 12.1 Å². The number of hydrogen-bond donors (Lipinski definition) is 0. The van der Waals surface area contributed by atoms with Crippen molar-refractivity contribution in [2.45, 2.75) is 13.1 Å². The molecule has 0 atom stereocenters. The fraction of sp³-hybridized carbons (Fsp3) is 0.167. The third-order valence-electron chi connectivity index (χ3n) is 2.50. The molecule has 0 N–H and O–H groups in total. The molecule has 0 unspecified atom stereocenters. The smallest absolute Gasteiger partial charge is 0.216 e. The standard InChI is InChI=1S/C12H7Cl2F3N2/c1-6-9(13)18-11(19-10(6)14)7-2-4-8(5-3-7)12(15,16)17/h2-5H,1H3. The van der Waals surface area contributed by atoms with E-state index in [-0.39, 0.29) is 16.1 Å². The number of halogens is 5. The van der Waals surface area contributed by atoms with E-state index in [1.54, 1.807) is 6.92 Å². The summed E-state index contributed by atoms with van der Waals surface area (Å²) in [6.45, 7) is 1.65. The van der Waals surface area contributed by atoms with Gasteiger partial charge in [-0.1, -0.05) is 35.3 Å². The minimum Gasteiger partial charge on any atom is -0.216 e. The van der Waals surface area contributed by atoms with Gasteiger partial charge in [-0.05, 0) is 19.1 Å². The Bertz CT molecular complexity index is 586. The van der Waals surface area contributed by atoms with E-state index >= 15 is 0 Å². The second kappa shape index (κ2) is 4.98. The summed E-state index contributed by atoms with van der Waals surface area (Å²) in [5.41, 5.74) is 0.205. The summed E-state index contributed by atoms with van der Waals surface area (Å²) in [4.78, 5) is 7.97. The molecule has 19 heavy (non-hydrogen) atoms. The van der Waals surface area contributed by atoms with Gasteiger partial charge in [0.1, 0.15) is 10.3 Å². The zero-order valence-electron chi connectivity index (χ0n) is 9.59. The van der Waals surface area contributed by atoms with Gasteiger partial charge >= 0.3 is 6.18 Å². The predicted molar refractivity (Wildman–Crippen MR) is 67.2 cm³/mol. The van der Waals surface area contributed by atoms with Crippen molar-refractivity contribution in [2.24, 2.45) is 0 Å². The lowest BCUT2D eigenvalue weighted by Crippen LogP contribution is -2.04. The highest BCUT2D eigenvalue weighted by Crippen LogP contribution is 2.31. The maximum absolute atomic E-state index is 12.4. The monoisotopic (exact) mass is 306 g/mol. The van der Waals surface area contributed by atoms with Crippen molar-refractivity contribution < 1.29 is 13.2 Å². The van der Waals surface area contributed by atoms with Crippen molar-refractivity contribution in [3.8, 4) is 11.4 Å². The molecule has 7 heteroatoms. The minimum atomic E-state index is -4.37. The summed E-state index contributed by atoms with van der Waals surface area (Å²) < 4.78 is 37.3. The number of hydrogen-bond acceptors (Lipinski definition) is 2. The molecule has 2 rings (SSSR count). The molecule has 2 nitrogen and oxygen atoms in total. The number of benzene rings is 1. The Morgan fingerprint density at radius 2 is 1.42 bits per heavy atom. The van der Waals surface area contributed by atoms with Crippen molar-refractivity contribution in [3.05, 3.63) is 45.7 Å². The average molecular weight is 307 g/mol. The van der Waals surface area contributed by atoms with Gasteiger partial charge in [0, 0.05) is 11.1 Å². The van der Waals surface area contributed by atoms with Gasteiger partial charge < -0.3 is 0 Å². The maximum atomic E-state index is 12.4. The van der Waals surface area contributed by atoms with E-state index < -0.39 is 11.7 Å². The van der Waals surface area contributed by atoms with Crippen LogP contribution in [0.5, 0.6) is 0 Å². The van der Waals surface area contributed by atoms with Crippen LogP contribution in [0.15, 0.2) is 24.3 Å². The van der Waals surface area contributed by atoms with Crippen LogP contribution in [0.25, 0.3) is 11.4 Å². The molecule has 1 aromatic carbocycles. The van der Waals surface area contributed by atoms with Crippen molar-refractivity contribution in [1.82, 2.24) is 9.97 Å². The van der Waals surface area contributed by atoms with E-state index in [1.807, 2.05) is 0 Å². The molecule has 0 amide bonds. The van der Waals surface area contributed by atoms with E-state index in [2.05, 4.69) is 9.97 Å². The van der Waals surface area contributed by atoms with Crippen LogP contribution in [0.4, 0.5) is 13.2 Å². The Morgan fingerprint density at radius 1 is 0.947 bits per heavy atom. The topological polar surface area (TPSA) is 25.8 Å².